The van der Waals surface area contributed by atoms with Gasteiger partial charge in [-0.05, 0) is 66.1 Å². The molecule has 1 fully saturated rings. The highest BCUT2D eigenvalue weighted by Gasteiger charge is 2.33. The Bertz CT molecular complexity index is 1060. The molecular weight excluding hydrogens is 408 g/mol. The third-order valence-corrected chi connectivity index (χ3v) is 6.51. The summed E-state index contributed by atoms with van der Waals surface area (Å²) < 4.78 is 5.13. The average Bonchev–Trinajstić information content (AvgIpc) is 3.21. The van der Waals surface area contributed by atoms with E-state index < -0.39 is 0 Å². The van der Waals surface area contributed by atoms with Crippen LogP contribution >= 0.6 is 11.8 Å². The second-order valence-corrected chi connectivity index (χ2v) is 8.32. The Morgan fingerprint density at radius 3 is 2.32 bits per heavy atom. The van der Waals surface area contributed by atoms with E-state index in [0.29, 0.717) is 22.8 Å². The van der Waals surface area contributed by atoms with Crippen LogP contribution in [0, 0.1) is 0 Å². The molecule has 0 radical (unpaired) electrons. The Morgan fingerprint density at radius 2 is 1.71 bits per heavy atom. The molecule has 1 aliphatic rings. The van der Waals surface area contributed by atoms with Gasteiger partial charge < -0.3 is 10.1 Å². The third-order valence-electron chi connectivity index (χ3n) is 5.30. The first-order valence-corrected chi connectivity index (χ1v) is 11.2. The molecule has 1 N–H and O–H groups in total. The molecule has 31 heavy (non-hydrogen) atoms. The van der Waals surface area contributed by atoms with Crippen LogP contribution in [0.15, 0.2) is 72.8 Å². The number of nitrogens with one attached hydrogen (secondary N) is 1. The Morgan fingerprint density at radius 1 is 1.03 bits per heavy atom. The fourth-order valence-electron chi connectivity index (χ4n) is 3.52. The molecule has 0 aliphatic carbocycles. The third kappa shape index (κ3) is 4.59. The van der Waals surface area contributed by atoms with Crippen molar-refractivity contribution in [2.45, 2.75) is 18.7 Å². The number of carbonyl (C=O) groups excluding carboxylic acids is 2. The van der Waals surface area contributed by atoms with Crippen molar-refractivity contribution in [1.82, 2.24) is 0 Å². The van der Waals surface area contributed by atoms with E-state index >= 15 is 0 Å². The number of thioether (sulfide) groups is 1. The molecule has 4 rings (SSSR count). The Kier molecular flexibility index (Phi) is 6.28. The van der Waals surface area contributed by atoms with Crippen LogP contribution in [0.2, 0.25) is 0 Å². The molecule has 0 spiro atoms. The van der Waals surface area contributed by atoms with Gasteiger partial charge in [0.2, 0.25) is 5.91 Å². The zero-order chi connectivity index (χ0) is 21.8. The molecule has 1 aliphatic heterocycles. The molecule has 0 saturated carbocycles. The molecule has 0 aromatic heterocycles. The smallest absolute Gasteiger partial charge is 0.255 e. The minimum atomic E-state index is -0.182. The lowest BCUT2D eigenvalue weighted by atomic mass is 10.1. The summed E-state index contributed by atoms with van der Waals surface area (Å²) in [7, 11) is 1.59. The summed E-state index contributed by atoms with van der Waals surface area (Å²) in [6, 6.07) is 22.8. The van der Waals surface area contributed by atoms with E-state index in [4.69, 9.17) is 4.74 Å². The second-order valence-electron chi connectivity index (χ2n) is 7.25. The fraction of sp³-hybridized carbons (Fsp3) is 0.200. The standard InChI is InChI=1S/C25H24N2O3S/c1-3-17-4-12-21(13-5-17)27-23(28)16-31-25(27)19-6-10-20(11-7-19)26-24(29)18-8-14-22(30-2)15-9-18/h4-15,25H,3,16H2,1-2H3,(H,26,29)/t25-/m0/s1. The van der Waals surface area contributed by atoms with E-state index in [1.165, 1.54) is 5.56 Å². The predicted octanol–water partition coefficient (Wildman–Crippen LogP) is 5.29. The Hall–Kier alpha value is -3.25. The second kappa shape index (κ2) is 9.27. The highest BCUT2D eigenvalue weighted by atomic mass is 32.2. The van der Waals surface area contributed by atoms with Gasteiger partial charge in [0.05, 0.1) is 12.9 Å². The lowest BCUT2D eigenvalue weighted by molar-refractivity contribution is -0.115. The number of methoxy groups -OCH3 is 1. The largest absolute Gasteiger partial charge is 0.497 e. The summed E-state index contributed by atoms with van der Waals surface area (Å²) in [4.78, 5) is 26.9. The number of hydrogen-bond donors (Lipinski definition) is 1. The topological polar surface area (TPSA) is 58.6 Å². The molecule has 0 unspecified atom stereocenters. The number of carbonyl (C=O) groups is 2. The van der Waals surface area contributed by atoms with Gasteiger partial charge in [0.25, 0.3) is 5.91 Å². The summed E-state index contributed by atoms with van der Waals surface area (Å²) in [5.41, 5.74) is 4.45. The molecular formula is C25H24N2O3S. The normalized spacial score (nSPS) is 15.7. The molecule has 3 aromatic rings. The molecule has 6 heteroatoms. The number of anilines is 2. The summed E-state index contributed by atoms with van der Waals surface area (Å²) in [5, 5.41) is 2.83. The van der Waals surface area contributed by atoms with Crippen molar-refractivity contribution in [3.63, 3.8) is 0 Å². The number of ether oxygens (including phenoxy) is 1. The monoisotopic (exact) mass is 432 g/mol. The van der Waals surface area contributed by atoms with Crippen LogP contribution in [0.5, 0.6) is 5.75 Å². The quantitative estimate of drug-likeness (QED) is 0.575. The van der Waals surface area contributed by atoms with E-state index in [1.807, 2.05) is 41.3 Å². The molecule has 0 bridgehead atoms. The first-order valence-electron chi connectivity index (χ1n) is 10.2. The molecule has 1 heterocycles. The Balaban J connectivity index is 1.48. The molecule has 158 valence electrons. The first-order chi connectivity index (χ1) is 15.1. The highest BCUT2D eigenvalue weighted by Crippen LogP contribution is 2.42. The van der Waals surface area contributed by atoms with Crippen molar-refractivity contribution in [2.75, 3.05) is 23.1 Å². The van der Waals surface area contributed by atoms with Crippen molar-refractivity contribution in [3.8, 4) is 5.75 Å². The predicted molar refractivity (Wildman–Crippen MR) is 126 cm³/mol. The van der Waals surface area contributed by atoms with Gasteiger partial charge in [0.15, 0.2) is 0 Å². The van der Waals surface area contributed by atoms with E-state index in [2.05, 4.69) is 24.4 Å². The van der Waals surface area contributed by atoms with Crippen molar-refractivity contribution in [1.29, 1.82) is 0 Å². The van der Waals surface area contributed by atoms with Gasteiger partial charge in [-0.15, -0.1) is 11.8 Å². The van der Waals surface area contributed by atoms with Crippen LogP contribution in [-0.2, 0) is 11.2 Å². The van der Waals surface area contributed by atoms with Crippen LogP contribution in [0.3, 0.4) is 0 Å². The minimum absolute atomic E-state index is 0.0775. The van der Waals surface area contributed by atoms with Gasteiger partial charge in [-0.3, -0.25) is 14.5 Å². The fourth-order valence-corrected chi connectivity index (χ4v) is 4.70. The van der Waals surface area contributed by atoms with Gasteiger partial charge >= 0.3 is 0 Å². The number of rotatable bonds is 6. The summed E-state index contributed by atoms with van der Waals surface area (Å²) in [6.45, 7) is 2.11. The van der Waals surface area contributed by atoms with E-state index in [9.17, 15) is 9.59 Å². The molecule has 2 amide bonds. The molecule has 1 atom stereocenters. The maximum absolute atomic E-state index is 12.6. The maximum Gasteiger partial charge on any atom is 0.255 e. The average molecular weight is 433 g/mol. The van der Waals surface area contributed by atoms with E-state index in [-0.39, 0.29) is 17.2 Å². The number of benzene rings is 3. The van der Waals surface area contributed by atoms with Crippen molar-refractivity contribution in [3.05, 3.63) is 89.5 Å². The van der Waals surface area contributed by atoms with Crippen LogP contribution in [0.1, 0.15) is 33.8 Å². The maximum atomic E-state index is 12.6. The van der Waals surface area contributed by atoms with Crippen LogP contribution in [0.4, 0.5) is 11.4 Å². The van der Waals surface area contributed by atoms with Crippen LogP contribution < -0.4 is 15.0 Å². The SMILES string of the molecule is CCc1ccc(N2C(=O)CS[C@H]2c2ccc(NC(=O)c3ccc(OC)cc3)cc2)cc1. The van der Waals surface area contributed by atoms with Crippen molar-refractivity contribution in [2.24, 2.45) is 0 Å². The Labute approximate surface area is 186 Å². The van der Waals surface area contributed by atoms with Gasteiger partial charge in [-0.2, -0.15) is 0 Å². The zero-order valence-corrected chi connectivity index (χ0v) is 18.3. The molecule has 1 saturated heterocycles. The van der Waals surface area contributed by atoms with Crippen LogP contribution in [0.25, 0.3) is 0 Å². The van der Waals surface area contributed by atoms with E-state index in [0.717, 1.165) is 17.7 Å². The molecule has 3 aromatic carbocycles. The van der Waals surface area contributed by atoms with Gasteiger partial charge in [0.1, 0.15) is 11.1 Å². The van der Waals surface area contributed by atoms with Crippen LogP contribution in [-0.4, -0.2) is 24.7 Å². The highest BCUT2D eigenvalue weighted by molar-refractivity contribution is 8.00. The summed E-state index contributed by atoms with van der Waals surface area (Å²) >= 11 is 1.61. The number of hydrogen-bond acceptors (Lipinski definition) is 4. The number of aryl methyl sites for hydroxylation is 1. The van der Waals surface area contributed by atoms with E-state index in [1.54, 1.807) is 43.1 Å². The van der Waals surface area contributed by atoms with Gasteiger partial charge in [-0.25, -0.2) is 0 Å². The first kappa shape index (κ1) is 21.0. The van der Waals surface area contributed by atoms with Crippen molar-refractivity contribution >= 4 is 35.0 Å². The van der Waals surface area contributed by atoms with Gasteiger partial charge in [0, 0.05) is 16.9 Å². The number of amides is 2. The van der Waals surface area contributed by atoms with Gasteiger partial charge in [-0.1, -0.05) is 31.2 Å². The lowest BCUT2D eigenvalue weighted by Gasteiger charge is -2.24. The summed E-state index contributed by atoms with van der Waals surface area (Å²) in [6.07, 6.45) is 0.968. The minimum Gasteiger partial charge on any atom is -0.497 e. The molecule has 5 nitrogen and oxygen atoms in total. The lowest BCUT2D eigenvalue weighted by Crippen LogP contribution is -2.27. The van der Waals surface area contributed by atoms with Crippen molar-refractivity contribution < 1.29 is 14.3 Å². The summed E-state index contributed by atoms with van der Waals surface area (Å²) in [5.74, 6) is 1.09. The zero-order valence-electron chi connectivity index (χ0n) is 17.5. The number of nitrogens with zero attached hydrogens (tertiary/aromatic N) is 1.